The van der Waals surface area contributed by atoms with E-state index >= 15 is 0 Å². The maximum absolute atomic E-state index is 12.9. The number of piperazine rings is 1. The molecule has 4 rings (SSSR count). The van der Waals surface area contributed by atoms with Crippen molar-refractivity contribution in [1.82, 2.24) is 14.4 Å². The average molecular weight is 333 g/mol. The fourth-order valence-electron chi connectivity index (χ4n) is 3.61. The van der Waals surface area contributed by atoms with E-state index in [0.717, 1.165) is 49.3 Å². The predicted octanol–water partition coefficient (Wildman–Crippen LogP) is 3.14. The summed E-state index contributed by atoms with van der Waals surface area (Å²) in [4.78, 5) is 17.3. The average Bonchev–Trinajstić information content (AvgIpc) is 3.00. The zero-order chi connectivity index (χ0) is 17.2. The van der Waals surface area contributed by atoms with Crippen molar-refractivity contribution in [3.8, 4) is 0 Å². The molecule has 1 aromatic heterocycles. The molecule has 0 atom stereocenters. The third-order valence-electron chi connectivity index (χ3n) is 5.08. The summed E-state index contributed by atoms with van der Waals surface area (Å²) in [7, 11) is 1.97. The standard InChI is InChI=1S/C21H23N3O/c1-22-19-10-6-5-9-18(19)15-20(22)21(25)24-13-11-23(12-14-24)16-17-7-3-2-4-8-17/h2-10,15H,11-14,16H2,1H3. The van der Waals surface area contributed by atoms with E-state index < -0.39 is 0 Å². The monoisotopic (exact) mass is 333 g/mol. The molecule has 0 aliphatic carbocycles. The molecule has 1 amide bonds. The molecule has 0 bridgehead atoms. The minimum Gasteiger partial charge on any atom is -0.340 e. The van der Waals surface area contributed by atoms with Gasteiger partial charge in [-0.15, -0.1) is 0 Å². The third-order valence-corrected chi connectivity index (χ3v) is 5.08. The van der Waals surface area contributed by atoms with Gasteiger partial charge >= 0.3 is 0 Å². The predicted molar refractivity (Wildman–Crippen MR) is 101 cm³/mol. The lowest BCUT2D eigenvalue weighted by Crippen LogP contribution is -2.48. The summed E-state index contributed by atoms with van der Waals surface area (Å²) < 4.78 is 2.01. The normalized spacial score (nSPS) is 15.6. The molecule has 0 saturated carbocycles. The van der Waals surface area contributed by atoms with Crippen molar-refractivity contribution in [2.75, 3.05) is 26.2 Å². The van der Waals surface area contributed by atoms with E-state index in [1.165, 1.54) is 5.56 Å². The molecule has 2 heterocycles. The number of para-hydroxylation sites is 1. The number of benzene rings is 2. The van der Waals surface area contributed by atoms with Gasteiger partial charge in [-0.1, -0.05) is 48.5 Å². The number of hydrogen-bond acceptors (Lipinski definition) is 2. The van der Waals surface area contributed by atoms with Gasteiger partial charge in [-0.05, 0) is 17.7 Å². The number of amides is 1. The Morgan fingerprint density at radius 3 is 2.32 bits per heavy atom. The molecule has 128 valence electrons. The molecule has 1 saturated heterocycles. The highest BCUT2D eigenvalue weighted by atomic mass is 16.2. The molecule has 1 aliphatic heterocycles. The van der Waals surface area contributed by atoms with Gasteiger partial charge in [0.25, 0.3) is 5.91 Å². The van der Waals surface area contributed by atoms with E-state index in [9.17, 15) is 4.79 Å². The van der Waals surface area contributed by atoms with Crippen LogP contribution in [-0.4, -0.2) is 46.5 Å². The third kappa shape index (κ3) is 3.17. The molecule has 0 spiro atoms. The zero-order valence-corrected chi connectivity index (χ0v) is 14.6. The van der Waals surface area contributed by atoms with Crippen LogP contribution in [0.15, 0.2) is 60.7 Å². The molecule has 25 heavy (non-hydrogen) atoms. The van der Waals surface area contributed by atoms with E-state index in [4.69, 9.17) is 0 Å². The first-order chi connectivity index (χ1) is 12.2. The molecule has 1 fully saturated rings. The number of aryl methyl sites for hydroxylation is 1. The Morgan fingerprint density at radius 1 is 0.920 bits per heavy atom. The first-order valence-corrected chi connectivity index (χ1v) is 8.82. The van der Waals surface area contributed by atoms with E-state index in [0.29, 0.717) is 0 Å². The van der Waals surface area contributed by atoms with Crippen LogP contribution < -0.4 is 0 Å². The van der Waals surface area contributed by atoms with Gasteiger partial charge in [0.15, 0.2) is 0 Å². The second kappa shape index (κ2) is 6.73. The first-order valence-electron chi connectivity index (χ1n) is 8.82. The van der Waals surface area contributed by atoms with Crippen LogP contribution in [0.1, 0.15) is 16.1 Å². The number of aromatic nitrogens is 1. The van der Waals surface area contributed by atoms with E-state index in [2.05, 4.69) is 41.3 Å². The SMILES string of the molecule is Cn1c(C(=O)N2CCN(Cc3ccccc3)CC2)cc2ccccc21. The van der Waals surface area contributed by atoms with Crippen LogP contribution >= 0.6 is 0 Å². The van der Waals surface area contributed by atoms with Crippen LogP contribution in [0.2, 0.25) is 0 Å². The van der Waals surface area contributed by atoms with Crippen LogP contribution in [0.3, 0.4) is 0 Å². The molecule has 4 heteroatoms. The Morgan fingerprint density at radius 2 is 1.60 bits per heavy atom. The summed E-state index contributed by atoms with van der Waals surface area (Å²) in [6.45, 7) is 4.37. The van der Waals surface area contributed by atoms with Crippen LogP contribution in [-0.2, 0) is 13.6 Å². The van der Waals surface area contributed by atoms with Gasteiger partial charge in [-0.2, -0.15) is 0 Å². The van der Waals surface area contributed by atoms with Crippen LogP contribution in [0.5, 0.6) is 0 Å². The second-order valence-corrected chi connectivity index (χ2v) is 6.70. The van der Waals surface area contributed by atoms with Gasteiger partial charge in [-0.3, -0.25) is 9.69 Å². The topological polar surface area (TPSA) is 28.5 Å². The van der Waals surface area contributed by atoms with E-state index in [1.54, 1.807) is 0 Å². The molecular formula is C21H23N3O. The number of hydrogen-bond donors (Lipinski definition) is 0. The summed E-state index contributed by atoms with van der Waals surface area (Å²) in [5, 5.41) is 1.12. The van der Waals surface area contributed by atoms with Crippen molar-refractivity contribution in [1.29, 1.82) is 0 Å². The number of carbonyl (C=O) groups is 1. The lowest BCUT2D eigenvalue weighted by atomic mass is 10.2. The highest BCUT2D eigenvalue weighted by Crippen LogP contribution is 2.20. The highest BCUT2D eigenvalue weighted by molar-refractivity contribution is 5.98. The second-order valence-electron chi connectivity index (χ2n) is 6.70. The van der Waals surface area contributed by atoms with Crippen molar-refractivity contribution in [3.05, 3.63) is 71.9 Å². The van der Waals surface area contributed by atoms with Crippen LogP contribution in [0, 0.1) is 0 Å². The van der Waals surface area contributed by atoms with Gasteiger partial charge in [0.05, 0.1) is 0 Å². The minimum atomic E-state index is 0.137. The Balaban J connectivity index is 1.43. The smallest absolute Gasteiger partial charge is 0.270 e. The Labute approximate surface area is 148 Å². The van der Waals surface area contributed by atoms with Crippen molar-refractivity contribution in [3.63, 3.8) is 0 Å². The van der Waals surface area contributed by atoms with Gasteiger partial charge in [0.2, 0.25) is 0 Å². The number of fused-ring (bicyclic) bond motifs is 1. The molecule has 0 N–H and O–H groups in total. The van der Waals surface area contributed by atoms with E-state index in [1.807, 2.05) is 40.8 Å². The van der Waals surface area contributed by atoms with Crippen molar-refractivity contribution in [2.45, 2.75) is 6.54 Å². The lowest BCUT2D eigenvalue weighted by molar-refractivity contribution is 0.0619. The molecule has 0 unspecified atom stereocenters. The van der Waals surface area contributed by atoms with Crippen LogP contribution in [0.25, 0.3) is 10.9 Å². The van der Waals surface area contributed by atoms with Gasteiger partial charge < -0.3 is 9.47 Å². The Kier molecular flexibility index (Phi) is 4.28. The molecular weight excluding hydrogens is 310 g/mol. The fourth-order valence-corrected chi connectivity index (χ4v) is 3.61. The fraction of sp³-hybridized carbons (Fsp3) is 0.286. The summed E-state index contributed by atoms with van der Waals surface area (Å²) in [5.74, 6) is 0.137. The maximum Gasteiger partial charge on any atom is 0.270 e. The Bertz CT molecular complexity index is 877. The summed E-state index contributed by atoms with van der Waals surface area (Å²) in [5.41, 5.74) is 3.21. The van der Waals surface area contributed by atoms with Gasteiger partial charge in [0, 0.05) is 50.7 Å². The maximum atomic E-state index is 12.9. The quantitative estimate of drug-likeness (QED) is 0.737. The molecule has 1 aliphatic rings. The molecule has 4 nitrogen and oxygen atoms in total. The van der Waals surface area contributed by atoms with Crippen LogP contribution in [0.4, 0.5) is 0 Å². The highest BCUT2D eigenvalue weighted by Gasteiger charge is 2.24. The first kappa shape index (κ1) is 15.9. The summed E-state index contributed by atoms with van der Waals surface area (Å²) >= 11 is 0. The Hall–Kier alpha value is -2.59. The molecule has 0 radical (unpaired) electrons. The van der Waals surface area contributed by atoms with Gasteiger partial charge in [-0.25, -0.2) is 0 Å². The number of nitrogens with zero attached hydrogens (tertiary/aromatic N) is 3. The summed E-state index contributed by atoms with van der Waals surface area (Å²) in [6, 6.07) is 20.7. The largest absolute Gasteiger partial charge is 0.340 e. The molecule has 2 aromatic carbocycles. The molecule has 3 aromatic rings. The van der Waals surface area contributed by atoms with Crippen molar-refractivity contribution >= 4 is 16.8 Å². The summed E-state index contributed by atoms with van der Waals surface area (Å²) in [6.07, 6.45) is 0. The zero-order valence-electron chi connectivity index (χ0n) is 14.6. The number of carbonyl (C=O) groups excluding carboxylic acids is 1. The van der Waals surface area contributed by atoms with Crippen molar-refractivity contribution < 1.29 is 4.79 Å². The minimum absolute atomic E-state index is 0.137. The van der Waals surface area contributed by atoms with Crippen molar-refractivity contribution in [2.24, 2.45) is 7.05 Å². The number of rotatable bonds is 3. The van der Waals surface area contributed by atoms with Gasteiger partial charge in [0.1, 0.15) is 5.69 Å². The van der Waals surface area contributed by atoms with E-state index in [-0.39, 0.29) is 5.91 Å². The lowest BCUT2D eigenvalue weighted by Gasteiger charge is -2.34.